The molecule has 0 atom stereocenters. The highest BCUT2D eigenvalue weighted by Gasteiger charge is 2.03. The van der Waals surface area contributed by atoms with Crippen molar-refractivity contribution in [2.24, 2.45) is 0 Å². The van der Waals surface area contributed by atoms with E-state index < -0.39 is 0 Å². The van der Waals surface area contributed by atoms with Crippen LogP contribution in [0.4, 0.5) is 0 Å². The summed E-state index contributed by atoms with van der Waals surface area (Å²) in [5.41, 5.74) is 3.18. The molecule has 68 valence electrons. The quantitative estimate of drug-likeness (QED) is 0.664. The molecule has 0 aromatic carbocycles. The number of imidazole rings is 1. The van der Waals surface area contributed by atoms with Crippen molar-refractivity contribution >= 4 is 5.65 Å². The average molecular weight is 176 g/mol. The third-order valence-electron chi connectivity index (χ3n) is 2.31. The molecule has 0 amide bonds. The van der Waals surface area contributed by atoms with E-state index in [4.69, 9.17) is 4.74 Å². The minimum absolute atomic E-state index is 0.845. The predicted molar refractivity (Wildman–Crippen MR) is 51.2 cm³/mol. The summed E-state index contributed by atoms with van der Waals surface area (Å²) in [4.78, 5) is 4.40. The van der Waals surface area contributed by atoms with E-state index in [1.165, 1.54) is 5.69 Å². The molecule has 0 aliphatic rings. The Morgan fingerprint density at radius 3 is 2.85 bits per heavy atom. The minimum atomic E-state index is 0.845. The number of ether oxygens (including phenoxy) is 1. The van der Waals surface area contributed by atoms with E-state index in [9.17, 15) is 0 Å². The molecule has 2 aromatic heterocycles. The van der Waals surface area contributed by atoms with Gasteiger partial charge in [-0.1, -0.05) is 0 Å². The molecule has 0 fully saturated rings. The third kappa shape index (κ3) is 1.16. The Labute approximate surface area is 77.0 Å². The molecule has 3 heteroatoms. The van der Waals surface area contributed by atoms with Gasteiger partial charge in [0.2, 0.25) is 0 Å². The standard InChI is InChI=1S/C10H12N2O/c1-7-8(2)12-5-4-9(13-3)6-10(12)11-7/h4-6H,1-3H3. The normalized spacial score (nSPS) is 10.7. The highest BCUT2D eigenvalue weighted by atomic mass is 16.5. The fraction of sp³-hybridized carbons (Fsp3) is 0.300. The molecule has 2 heterocycles. The first kappa shape index (κ1) is 8.10. The summed E-state index contributed by atoms with van der Waals surface area (Å²) in [5.74, 6) is 0.845. The number of pyridine rings is 1. The number of methoxy groups -OCH3 is 1. The van der Waals surface area contributed by atoms with Crippen molar-refractivity contribution in [2.75, 3.05) is 7.11 Å². The molecular weight excluding hydrogens is 164 g/mol. The zero-order valence-electron chi connectivity index (χ0n) is 8.03. The Morgan fingerprint density at radius 1 is 1.38 bits per heavy atom. The molecule has 0 saturated heterocycles. The van der Waals surface area contributed by atoms with E-state index in [1.807, 2.05) is 25.3 Å². The van der Waals surface area contributed by atoms with E-state index in [1.54, 1.807) is 7.11 Å². The van der Waals surface area contributed by atoms with Gasteiger partial charge >= 0.3 is 0 Å². The Balaban J connectivity index is 2.73. The first-order valence-electron chi connectivity index (χ1n) is 4.21. The summed E-state index contributed by atoms with van der Waals surface area (Å²) in [6, 6.07) is 3.86. The number of aromatic nitrogens is 2. The fourth-order valence-corrected chi connectivity index (χ4v) is 1.39. The van der Waals surface area contributed by atoms with Gasteiger partial charge in [-0.3, -0.25) is 0 Å². The van der Waals surface area contributed by atoms with Crippen molar-refractivity contribution in [3.63, 3.8) is 0 Å². The van der Waals surface area contributed by atoms with E-state index in [0.717, 1.165) is 17.1 Å². The molecule has 3 nitrogen and oxygen atoms in total. The monoisotopic (exact) mass is 176 g/mol. The van der Waals surface area contributed by atoms with Gasteiger partial charge in [-0.25, -0.2) is 4.98 Å². The largest absolute Gasteiger partial charge is 0.497 e. The second kappa shape index (κ2) is 2.76. The summed E-state index contributed by atoms with van der Waals surface area (Å²) in [6.07, 6.45) is 1.98. The van der Waals surface area contributed by atoms with Crippen LogP contribution in [0.25, 0.3) is 5.65 Å². The molecule has 0 N–H and O–H groups in total. The van der Waals surface area contributed by atoms with Crippen LogP contribution in [0.5, 0.6) is 5.75 Å². The van der Waals surface area contributed by atoms with Gasteiger partial charge in [-0.15, -0.1) is 0 Å². The molecule has 0 bridgehead atoms. The number of aryl methyl sites for hydroxylation is 2. The topological polar surface area (TPSA) is 26.5 Å². The Hall–Kier alpha value is -1.51. The Kier molecular flexibility index (Phi) is 1.72. The summed E-state index contributed by atoms with van der Waals surface area (Å²) in [7, 11) is 1.66. The molecule has 2 rings (SSSR count). The maximum Gasteiger partial charge on any atom is 0.140 e. The van der Waals surface area contributed by atoms with Crippen LogP contribution in [-0.2, 0) is 0 Å². The van der Waals surface area contributed by atoms with Crippen molar-refractivity contribution in [2.45, 2.75) is 13.8 Å². The van der Waals surface area contributed by atoms with Crippen LogP contribution in [0.2, 0.25) is 0 Å². The number of rotatable bonds is 1. The van der Waals surface area contributed by atoms with Gasteiger partial charge < -0.3 is 9.14 Å². The van der Waals surface area contributed by atoms with Crippen molar-refractivity contribution in [1.82, 2.24) is 9.38 Å². The van der Waals surface area contributed by atoms with Gasteiger partial charge in [0.25, 0.3) is 0 Å². The highest BCUT2D eigenvalue weighted by Crippen LogP contribution is 2.16. The molecule has 0 spiro atoms. The number of hydrogen-bond acceptors (Lipinski definition) is 2. The Morgan fingerprint density at radius 2 is 2.15 bits per heavy atom. The van der Waals surface area contributed by atoms with Crippen LogP contribution < -0.4 is 4.74 Å². The van der Waals surface area contributed by atoms with Gasteiger partial charge in [0, 0.05) is 18.0 Å². The number of nitrogens with zero attached hydrogens (tertiary/aromatic N) is 2. The van der Waals surface area contributed by atoms with E-state index in [0.29, 0.717) is 0 Å². The van der Waals surface area contributed by atoms with E-state index >= 15 is 0 Å². The second-order valence-electron chi connectivity index (χ2n) is 3.08. The molecule has 13 heavy (non-hydrogen) atoms. The number of hydrogen-bond donors (Lipinski definition) is 0. The van der Waals surface area contributed by atoms with E-state index in [-0.39, 0.29) is 0 Å². The minimum Gasteiger partial charge on any atom is -0.497 e. The SMILES string of the molecule is COc1ccn2c(C)c(C)nc2c1. The van der Waals surface area contributed by atoms with Gasteiger partial charge in [-0.2, -0.15) is 0 Å². The second-order valence-corrected chi connectivity index (χ2v) is 3.08. The zero-order chi connectivity index (χ0) is 9.42. The molecule has 0 unspecified atom stereocenters. The molecule has 0 saturated carbocycles. The lowest BCUT2D eigenvalue weighted by atomic mass is 10.4. The number of fused-ring (bicyclic) bond motifs is 1. The third-order valence-corrected chi connectivity index (χ3v) is 2.31. The average Bonchev–Trinajstić information content (AvgIpc) is 2.42. The lowest BCUT2D eigenvalue weighted by molar-refractivity contribution is 0.414. The maximum absolute atomic E-state index is 5.12. The molecular formula is C10H12N2O. The van der Waals surface area contributed by atoms with Crippen LogP contribution in [0.15, 0.2) is 18.3 Å². The summed E-state index contributed by atoms with van der Waals surface area (Å²) in [6.45, 7) is 4.07. The summed E-state index contributed by atoms with van der Waals surface area (Å²) in [5, 5.41) is 0. The predicted octanol–water partition coefficient (Wildman–Crippen LogP) is 1.96. The first-order chi connectivity index (χ1) is 6.22. The van der Waals surface area contributed by atoms with Gasteiger partial charge in [0.1, 0.15) is 11.4 Å². The highest BCUT2D eigenvalue weighted by molar-refractivity contribution is 5.47. The van der Waals surface area contributed by atoms with Gasteiger partial charge in [-0.05, 0) is 19.9 Å². The van der Waals surface area contributed by atoms with Crippen molar-refractivity contribution in [3.05, 3.63) is 29.7 Å². The lowest BCUT2D eigenvalue weighted by Gasteiger charge is -2.00. The fourth-order valence-electron chi connectivity index (χ4n) is 1.39. The van der Waals surface area contributed by atoms with Crippen LogP contribution in [0.3, 0.4) is 0 Å². The van der Waals surface area contributed by atoms with Crippen LogP contribution in [-0.4, -0.2) is 16.5 Å². The van der Waals surface area contributed by atoms with Crippen LogP contribution in [0.1, 0.15) is 11.4 Å². The van der Waals surface area contributed by atoms with E-state index in [2.05, 4.69) is 16.3 Å². The van der Waals surface area contributed by atoms with Crippen LogP contribution in [0, 0.1) is 13.8 Å². The molecule has 0 radical (unpaired) electrons. The van der Waals surface area contributed by atoms with Gasteiger partial charge in [0.15, 0.2) is 0 Å². The molecule has 2 aromatic rings. The lowest BCUT2D eigenvalue weighted by Crippen LogP contribution is -1.89. The maximum atomic E-state index is 5.12. The zero-order valence-corrected chi connectivity index (χ0v) is 8.03. The first-order valence-corrected chi connectivity index (χ1v) is 4.21. The molecule has 0 aliphatic carbocycles. The summed E-state index contributed by atoms with van der Waals surface area (Å²) < 4.78 is 7.17. The van der Waals surface area contributed by atoms with Gasteiger partial charge in [0.05, 0.1) is 12.8 Å². The van der Waals surface area contributed by atoms with Crippen molar-refractivity contribution in [3.8, 4) is 5.75 Å². The smallest absolute Gasteiger partial charge is 0.140 e. The van der Waals surface area contributed by atoms with Crippen molar-refractivity contribution in [1.29, 1.82) is 0 Å². The Bertz CT molecular complexity index is 445. The molecule has 0 aliphatic heterocycles. The summed E-state index contributed by atoms with van der Waals surface area (Å²) >= 11 is 0. The van der Waals surface area contributed by atoms with Crippen LogP contribution >= 0.6 is 0 Å². The van der Waals surface area contributed by atoms with Crippen molar-refractivity contribution < 1.29 is 4.74 Å².